The highest BCUT2D eigenvalue weighted by atomic mass is 79.9. The van der Waals surface area contributed by atoms with Gasteiger partial charge in [0.1, 0.15) is 5.82 Å². The van der Waals surface area contributed by atoms with Gasteiger partial charge in [-0.2, -0.15) is 0 Å². The molecule has 0 spiro atoms. The molecule has 0 aliphatic rings. The average molecular weight is 352 g/mol. The Kier molecular flexibility index (Phi) is 4.63. The molecule has 0 saturated carbocycles. The molecule has 1 atom stereocenters. The molecule has 21 heavy (non-hydrogen) atoms. The van der Waals surface area contributed by atoms with Crippen LogP contribution >= 0.6 is 15.9 Å². The van der Waals surface area contributed by atoms with Gasteiger partial charge in [0.25, 0.3) is 0 Å². The molecule has 0 bridgehead atoms. The van der Waals surface area contributed by atoms with Crippen molar-refractivity contribution in [1.29, 1.82) is 0 Å². The van der Waals surface area contributed by atoms with Crippen molar-refractivity contribution in [2.45, 2.75) is 12.5 Å². The number of ether oxygens (including phenoxy) is 1. The normalized spacial score (nSPS) is 13.3. The van der Waals surface area contributed by atoms with E-state index >= 15 is 0 Å². The number of anilines is 1. The van der Waals surface area contributed by atoms with Gasteiger partial charge in [0.2, 0.25) is 0 Å². The van der Waals surface area contributed by atoms with Crippen molar-refractivity contribution in [3.8, 4) is 0 Å². The molecule has 0 radical (unpaired) electrons. The fraction of sp³-hybridized carbons (Fsp3) is 0.188. The minimum atomic E-state index is -1.07. The van der Waals surface area contributed by atoms with Crippen LogP contribution in [0.25, 0.3) is 0 Å². The van der Waals surface area contributed by atoms with E-state index < -0.39 is 11.5 Å². The fourth-order valence-corrected chi connectivity index (χ4v) is 2.47. The highest BCUT2D eigenvalue weighted by Crippen LogP contribution is 2.29. The van der Waals surface area contributed by atoms with Crippen molar-refractivity contribution in [2.24, 2.45) is 0 Å². The Balaban J connectivity index is 2.42. The predicted octanol–water partition coefficient (Wildman–Crippen LogP) is 4.09. The van der Waals surface area contributed by atoms with Crippen LogP contribution < -0.4 is 5.32 Å². The van der Waals surface area contributed by atoms with Gasteiger partial charge >= 0.3 is 5.97 Å². The lowest BCUT2D eigenvalue weighted by molar-refractivity contribution is -0.145. The molecule has 0 heterocycles. The second-order valence-electron chi connectivity index (χ2n) is 4.76. The second-order valence-corrected chi connectivity index (χ2v) is 5.67. The number of nitrogens with one attached hydrogen (secondary N) is 1. The summed E-state index contributed by atoms with van der Waals surface area (Å²) in [7, 11) is 1.34. The van der Waals surface area contributed by atoms with Gasteiger partial charge in [-0.25, -0.2) is 9.18 Å². The Morgan fingerprint density at radius 1 is 1.24 bits per heavy atom. The number of carbonyl (C=O) groups excluding carboxylic acids is 1. The first-order valence-electron chi connectivity index (χ1n) is 6.34. The van der Waals surface area contributed by atoms with E-state index in [0.717, 1.165) is 10.0 Å². The molecule has 0 aliphatic heterocycles. The first kappa shape index (κ1) is 15.5. The quantitative estimate of drug-likeness (QED) is 0.843. The Morgan fingerprint density at radius 3 is 2.48 bits per heavy atom. The molecule has 0 saturated heterocycles. The maximum Gasteiger partial charge on any atom is 0.335 e. The van der Waals surface area contributed by atoms with Crippen molar-refractivity contribution < 1.29 is 13.9 Å². The second kappa shape index (κ2) is 6.26. The molecule has 0 fully saturated rings. The van der Waals surface area contributed by atoms with Crippen LogP contribution in [0.4, 0.5) is 10.1 Å². The minimum absolute atomic E-state index is 0.331. The topological polar surface area (TPSA) is 38.3 Å². The first-order chi connectivity index (χ1) is 9.95. The Hall–Kier alpha value is -1.88. The minimum Gasteiger partial charge on any atom is -0.467 e. The van der Waals surface area contributed by atoms with Crippen molar-refractivity contribution in [3.05, 3.63) is 64.4 Å². The van der Waals surface area contributed by atoms with E-state index in [9.17, 15) is 9.18 Å². The number of benzene rings is 2. The number of rotatable bonds is 4. The zero-order valence-electron chi connectivity index (χ0n) is 11.7. The number of halogens is 2. The SMILES string of the molecule is COC(=O)C(C)(Nc1ccc(F)cc1)c1cccc(Br)c1. The molecule has 0 aliphatic carbocycles. The van der Waals surface area contributed by atoms with Gasteiger partial charge in [0.15, 0.2) is 5.54 Å². The largest absolute Gasteiger partial charge is 0.467 e. The van der Waals surface area contributed by atoms with E-state index in [0.29, 0.717) is 5.69 Å². The number of hydrogen-bond acceptors (Lipinski definition) is 3. The maximum absolute atomic E-state index is 13.0. The Labute approximate surface area is 131 Å². The van der Waals surface area contributed by atoms with Crippen LogP contribution in [0.5, 0.6) is 0 Å². The smallest absolute Gasteiger partial charge is 0.335 e. The van der Waals surface area contributed by atoms with Crippen LogP contribution in [0, 0.1) is 5.82 Å². The van der Waals surface area contributed by atoms with Crippen molar-refractivity contribution >= 4 is 27.6 Å². The fourth-order valence-electron chi connectivity index (χ4n) is 2.07. The summed E-state index contributed by atoms with van der Waals surface area (Å²) in [5, 5.41) is 3.11. The van der Waals surface area contributed by atoms with Gasteiger partial charge in [0, 0.05) is 10.2 Å². The lowest BCUT2D eigenvalue weighted by Crippen LogP contribution is -2.41. The van der Waals surface area contributed by atoms with Gasteiger partial charge < -0.3 is 10.1 Å². The lowest BCUT2D eigenvalue weighted by Gasteiger charge is -2.29. The predicted molar refractivity (Wildman–Crippen MR) is 83.5 cm³/mol. The van der Waals surface area contributed by atoms with E-state index in [1.165, 1.54) is 19.2 Å². The van der Waals surface area contributed by atoms with Crippen LogP contribution in [0.15, 0.2) is 53.0 Å². The summed E-state index contributed by atoms with van der Waals surface area (Å²) in [5.74, 6) is -0.757. The maximum atomic E-state index is 13.0. The number of hydrogen-bond donors (Lipinski definition) is 1. The molecular formula is C16H15BrFNO2. The van der Waals surface area contributed by atoms with E-state index in [1.54, 1.807) is 19.1 Å². The van der Waals surface area contributed by atoms with Crippen molar-refractivity contribution in [3.63, 3.8) is 0 Å². The third kappa shape index (κ3) is 3.42. The van der Waals surface area contributed by atoms with E-state index in [4.69, 9.17) is 4.74 Å². The van der Waals surface area contributed by atoms with Gasteiger partial charge in [-0.15, -0.1) is 0 Å². The summed E-state index contributed by atoms with van der Waals surface area (Å²) >= 11 is 3.39. The zero-order chi connectivity index (χ0) is 15.5. The van der Waals surface area contributed by atoms with E-state index in [2.05, 4.69) is 21.2 Å². The molecule has 2 rings (SSSR count). The van der Waals surface area contributed by atoms with Gasteiger partial charge in [-0.05, 0) is 48.9 Å². The average Bonchev–Trinajstić information content (AvgIpc) is 2.48. The van der Waals surface area contributed by atoms with Gasteiger partial charge in [-0.3, -0.25) is 0 Å². The lowest BCUT2D eigenvalue weighted by atomic mass is 9.91. The van der Waals surface area contributed by atoms with Crippen molar-refractivity contribution in [1.82, 2.24) is 0 Å². The van der Waals surface area contributed by atoms with Crippen molar-refractivity contribution in [2.75, 3.05) is 12.4 Å². The standard InChI is InChI=1S/C16H15BrFNO2/c1-16(15(20)21-2,11-4-3-5-12(17)10-11)19-14-8-6-13(18)7-9-14/h3-10,19H,1-2H3. The molecule has 110 valence electrons. The molecule has 1 unspecified atom stereocenters. The summed E-state index contributed by atoms with van der Waals surface area (Å²) in [6.45, 7) is 1.73. The molecule has 1 N–H and O–H groups in total. The highest BCUT2D eigenvalue weighted by molar-refractivity contribution is 9.10. The zero-order valence-corrected chi connectivity index (χ0v) is 13.3. The summed E-state index contributed by atoms with van der Waals surface area (Å²) < 4.78 is 18.8. The van der Waals surface area contributed by atoms with Gasteiger partial charge in [0.05, 0.1) is 7.11 Å². The first-order valence-corrected chi connectivity index (χ1v) is 7.13. The molecule has 0 aromatic heterocycles. The van der Waals surface area contributed by atoms with E-state index in [1.807, 2.05) is 24.3 Å². The van der Waals surface area contributed by atoms with Gasteiger partial charge in [-0.1, -0.05) is 28.1 Å². The summed E-state index contributed by atoms with van der Waals surface area (Å²) in [5.41, 5.74) is 0.299. The third-order valence-electron chi connectivity index (χ3n) is 3.23. The number of carbonyl (C=O) groups is 1. The molecule has 3 nitrogen and oxygen atoms in total. The Bertz CT molecular complexity index is 645. The molecular weight excluding hydrogens is 337 g/mol. The van der Waals surface area contributed by atoms with Crippen LogP contribution in [0.3, 0.4) is 0 Å². The number of esters is 1. The van der Waals surface area contributed by atoms with Crippen LogP contribution in [0.1, 0.15) is 12.5 Å². The molecule has 0 amide bonds. The number of methoxy groups -OCH3 is 1. The summed E-state index contributed by atoms with van der Waals surface area (Å²) in [4.78, 5) is 12.2. The third-order valence-corrected chi connectivity index (χ3v) is 3.73. The summed E-state index contributed by atoms with van der Waals surface area (Å²) in [6.07, 6.45) is 0. The van der Waals surface area contributed by atoms with Crippen LogP contribution in [-0.4, -0.2) is 13.1 Å². The van der Waals surface area contributed by atoms with E-state index in [-0.39, 0.29) is 5.82 Å². The monoisotopic (exact) mass is 351 g/mol. The summed E-state index contributed by atoms with van der Waals surface area (Å²) in [6, 6.07) is 13.2. The van der Waals surface area contributed by atoms with Crippen LogP contribution in [0.2, 0.25) is 0 Å². The Morgan fingerprint density at radius 2 is 1.90 bits per heavy atom. The highest BCUT2D eigenvalue weighted by Gasteiger charge is 2.36. The van der Waals surface area contributed by atoms with Crippen LogP contribution in [-0.2, 0) is 15.1 Å². The molecule has 2 aromatic rings. The molecule has 2 aromatic carbocycles. The molecule has 5 heteroatoms.